The van der Waals surface area contributed by atoms with Crippen LogP contribution in [-0.4, -0.2) is 46.3 Å². The van der Waals surface area contributed by atoms with Gasteiger partial charge in [-0.3, -0.25) is 14.9 Å². The van der Waals surface area contributed by atoms with Gasteiger partial charge in [0.15, 0.2) is 11.5 Å². The quantitative estimate of drug-likeness (QED) is 0.496. The van der Waals surface area contributed by atoms with Gasteiger partial charge in [-0.2, -0.15) is 0 Å². The van der Waals surface area contributed by atoms with Crippen LogP contribution in [0.2, 0.25) is 10.0 Å². The molecule has 0 radical (unpaired) electrons. The highest BCUT2D eigenvalue weighted by molar-refractivity contribution is 6.40. The molecule has 1 heterocycles. The summed E-state index contributed by atoms with van der Waals surface area (Å²) >= 11 is 12.3. The SMILES string of the molecule is COc1cc(N2C(=O)NC(=O)/C(=C\c3cc(Cl)c(OC)c(OC)c3)C2=O)c(OC)cc1Cl. The maximum absolute atomic E-state index is 13.2. The number of methoxy groups -OCH3 is 4. The lowest BCUT2D eigenvalue weighted by atomic mass is 10.1. The van der Waals surface area contributed by atoms with E-state index < -0.39 is 17.8 Å². The van der Waals surface area contributed by atoms with E-state index in [1.54, 1.807) is 0 Å². The van der Waals surface area contributed by atoms with Gasteiger partial charge in [0.25, 0.3) is 11.8 Å². The number of amides is 4. The summed E-state index contributed by atoms with van der Waals surface area (Å²) in [5.74, 6) is -0.827. The summed E-state index contributed by atoms with van der Waals surface area (Å²) in [5, 5.41) is 2.56. The predicted octanol–water partition coefficient (Wildman–Crippen LogP) is 3.69. The Labute approximate surface area is 193 Å². The Morgan fingerprint density at radius 2 is 1.47 bits per heavy atom. The van der Waals surface area contributed by atoms with Gasteiger partial charge in [-0.25, -0.2) is 9.69 Å². The summed E-state index contributed by atoms with van der Waals surface area (Å²) < 4.78 is 20.9. The number of nitrogens with zero attached hydrogens (tertiary/aromatic N) is 1. The first kappa shape index (κ1) is 23.2. The highest BCUT2D eigenvalue weighted by Gasteiger charge is 2.38. The molecule has 32 heavy (non-hydrogen) atoms. The third-order valence-electron chi connectivity index (χ3n) is 4.56. The average Bonchev–Trinajstić information content (AvgIpc) is 2.76. The maximum Gasteiger partial charge on any atom is 0.336 e. The molecule has 0 spiro atoms. The Balaban J connectivity index is 2.12. The van der Waals surface area contributed by atoms with Crippen LogP contribution in [0.4, 0.5) is 10.5 Å². The minimum absolute atomic E-state index is 0.0417. The average molecular weight is 481 g/mol. The normalized spacial score (nSPS) is 15.0. The fourth-order valence-electron chi connectivity index (χ4n) is 3.08. The Kier molecular flexibility index (Phi) is 6.81. The number of barbiturate groups is 1. The minimum atomic E-state index is -0.954. The van der Waals surface area contributed by atoms with E-state index >= 15 is 0 Å². The number of urea groups is 1. The van der Waals surface area contributed by atoms with Gasteiger partial charge >= 0.3 is 6.03 Å². The molecule has 168 valence electrons. The van der Waals surface area contributed by atoms with Gasteiger partial charge in [0, 0.05) is 12.1 Å². The molecule has 1 saturated heterocycles. The number of benzene rings is 2. The second-order valence-electron chi connectivity index (χ2n) is 6.35. The lowest BCUT2D eigenvalue weighted by Gasteiger charge is -2.28. The first-order valence-electron chi connectivity index (χ1n) is 9.00. The van der Waals surface area contributed by atoms with Crippen LogP contribution in [0.1, 0.15) is 5.56 Å². The summed E-state index contributed by atoms with van der Waals surface area (Å²) in [5.41, 5.74) is 0.102. The van der Waals surface area contributed by atoms with Gasteiger partial charge in [0.1, 0.15) is 17.1 Å². The second-order valence-corrected chi connectivity index (χ2v) is 7.17. The summed E-state index contributed by atoms with van der Waals surface area (Å²) in [4.78, 5) is 39.0. The van der Waals surface area contributed by atoms with Crippen LogP contribution in [0.5, 0.6) is 23.0 Å². The lowest BCUT2D eigenvalue weighted by Crippen LogP contribution is -2.54. The summed E-state index contributed by atoms with van der Waals surface area (Å²) in [7, 11) is 5.58. The number of imide groups is 2. The number of rotatable bonds is 6. The minimum Gasteiger partial charge on any atom is -0.495 e. The van der Waals surface area contributed by atoms with Crippen LogP contribution in [0.15, 0.2) is 29.8 Å². The zero-order valence-electron chi connectivity index (χ0n) is 17.4. The molecular formula is C21H18Cl2N2O7. The Bertz CT molecular complexity index is 1150. The first-order chi connectivity index (χ1) is 15.2. The summed E-state index contributed by atoms with van der Waals surface area (Å²) in [6.45, 7) is 0. The van der Waals surface area contributed by atoms with Gasteiger partial charge in [-0.1, -0.05) is 23.2 Å². The summed E-state index contributed by atoms with van der Waals surface area (Å²) in [6.07, 6.45) is 1.28. The van der Waals surface area contributed by atoms with E-state index in [0.29, 0.717) is 17.1 Å². The van der Waals surface area contributed by atoms with Crippen molar-refractivity contribution in [2.45, 2.75) is 0 Å². The van der Waals surface area contributed by atoms with E-state index in [-0.39, 0.29) is 32.8 Å². The molecule has 9 nitrogen and oxygen atoms in total. The number of ether oxygens (including phenoxy) is 4. The van der Waals surface area contributed by atoms with E-state index in [0.717, 1.165) is 4.90 Å². The maximum atomic E-state index is 13.2. The third kappa shape index (κ3) is 4.17. The van der Waals surface area contributed by atoms with Crippen molar-refractivity contribution in [1.29, 1.82) is 0 Å². The molecule has 1 aliphatic heterocycles. The van der Waals surface area contributed by atoms with E-state index in [1.807, 2.05) is 0 Å². The van der Waals surface area contributed by atoms with Crippen molar-refractivity contribution >= 4 is 52.8 Å². The van der Waals surface area contributed by atoms with Crippen molar-refractivity contribution in [2.24, 2.45) is 0 Å². The number of carbonyl (C=O) groups excluding carboxylic acids is 3. The smallest absolute Gasteiger partial charge is 0.336 e. The molecule has 1 aliphatic rings. The molecular weight excluding hydrogens is 463 g/mol. The van der Waals surface area contributed by atoms with Gasteiger partial charge in [0.05, 0.1) is 44.2 Å². The monoisotopic (exact) mass is 480 g/mol. The Hall–Kier alpha value is -3.43. The van der Waals surface area contributed by atoms with E-state index in [9.17, 15) is 14.4 Å². The number of halogens is 2. The molecule has 2 aromatic rings. The number of hydrogen-bond acceptors (Lipinski definition) is 7. The van der Waals surface area contributed by atoms with Crippen molar-refractivity contribution in [3.8, 4) is 23.0 Å². The van der Waals surface area contributed by atoms with Crippen molar-refractivity contribution in [1.82, 2.24) is 5.32 Å². The number of anilines is 1. The van der Waals surface area contributed by atoms with Crippen LogP contribution < -0.4 is 29.2 Å². The van der Waals surface area contributed by atoms with Gasteiger partial charge in [-0.15, -0.1) is 0 Å². The van der Waals surface area contributed by atoms with Gasteiger partial charge < -0.3 is 18.9 Å². The highest BCUT2D eigenvalue weighted by atomic mass is 35.5. The molecule has 2 aromatic carbocycles. The van der Waals surface area contributed by atoms with Crippen molar-refractivity contribution in [2.75, 3.05) is 33.3 Å². The number of nitrogens with one attached hydrogen (secondary N) is 1. The van der Waals surface area contributed by atoms with Crippen LogP contribution in [0.3, 0.4) is 0 Å². The molecule has 0 atom stereocenters. The lowest BCUT2D eigenvalue weighted by molar-refractivity contribution is -0.122. The van der Waals surface area contributed by atoms with E-state index in [2.05, 4.69) is 5.32 Å². The van der Waals surface area contributed by atoms with Gasteiger partial charge in [0.2, 0.25) is 0 Å². The fraction of sp³-hybridized carbons (Fsp3) is 0.190. The molecule has 4 amide bonds. The Morgan fingerprint density at radius 3 is 2.06 bits per heavy atom. The highest BCUT2D eigenvalue weighted by Crippen LogP contribution is 2.40. The van der Waals surface area contributed by atoms with Crippen LogP contribution in [0, 0.1) is 0 Å². The first-order valence-corrected chi connectivity index (χ1v) is 9.75. The zero-order valence-corrected chi connectivity index (χ0v) is 19.0. The molecule has 0 saturated carbocycles. The van der Waals surface area contributed by atoms with E-state index in [1.165, 1.54) is 58.8 Å². The number of carbonyl (C=O) groups is 3. The van der Waals surface area contributed by atoms with Crippen LogP contribution in [-0.2, 0) is 9.59 Å². The fourth-order valence-corrected chi connectivity index (χ4v) is 3.61. The number of hydrogen-bond donors (Lipinski definition) is 1. The van der Waals surface area contributed by atoms with Gasteiger partial charge in [-0.05, 0) is 23.8 Å². The largest absolute Gasteiger partial charge is 0.495 e. The van der Waals surface area contributed by atoms with Crippen molar-refractivity contribution in [3.05, 3.63) is 45.4 Å². The summed E-state index contributed by atoms with van der Waals surface area (Å²) in [6, 6.07) is 4.82. The van der Waals surface area contributed by atoms with Crippen molar-refractivity contribution in [3.63, 3.8) is 0 Å². The molecule has 0 unspecified atom stereocenters. The van der Waals surface area contributed by atoms with Crippen molar-refractivity contribution < 1.29 is 33.3 Å². The second kappa shape index (κ2) is 9.37. The molecule has 1 fully saturated rings. The zero-order chi connectivity index (χ0) is 23.6. The molecule has 11 heteroatoms. The molecule has 0 aromatic heterocycles. The van der Waals surface area contributed by atoms with Crippen LogP contribution >= 0.6 is 23.2 Å². The predicted molar refractivity (Wildman–Crippen MR) is 118 cm³/mol. The Morgan fingerprint density at radius 1 is 0.812 bits per heavy atom. The topological polar surface area (TPSA) is 103 Å². The molecule has 3 rings (SSSR count). The molecule has 0 bridgehead atoms. The third-order valence-corrected chi connectivity index (χ3v) is 5.14. The molecule has 0 aliphatic carbocycles. The standard InChI is InChI=1S/C21H18Cl2N2O7/c1-29-15-9-14(16(30-2)8-12(15)22)25-20(27)11(19(26)24-21(25)28)5-10-6-13(23)18(32-4)17(7-10)31-3/h5-9H,1-4H3,(H,24,26,28)/b11-5+. The van der Waals surface area contributed by atoms with Crippen LogP contribution in [0.25, 0.3) is 6.08 Å². The molecule has 1 N–H and O–H groups in total. The van der Waals surface area contributed by atoms with E-state index in [4.69, 9.17) is 42.1 Å².